The standard InChI is InChI=1S/C22H24N4O2/c1-16-8-9-20(14-23-16)28-19-10-12-25(13-11-19)22(27)21-15-24-26(17(21)2)18-6-4-3-5-7-18/h3-9,14-15,19H,10-13H2,1-2H3. The number of hydrogen-bond donors (Lipinski definition) is 0. The Morgan fingerprint density at radius 1 is 1.04 bits per heavy atom. The highest BCUT2D eigenvalue weighted by molar-refractivity contribution is 5.95. The Labute approximate surface area is 164 Å². The van der Waals surface area contributed by atoms with Gasteiger partial charge in [0.1, 0.15) is 11.9 Å². The van der Waals surface area contributed by atoms with E-state index < -0.39 is 0 Å². The topological polar surface area (TPSA) is 60.2 Å². The van der Waals surface area contributed by atoms with Gasteiger partial charge in [-0.2, -0.15) is 5.10 Å². The first-order valence-corrected chi connectivity index (χ1v) is 9.60. The lowest BCUT2D eigenvalue weighted by Gasteiger charge is -2.32. The number of carbonyl (C=O) groups is 1. The molecular formula is C22H24N4O2. The van der Waals surface area contributed by atoms with Gasteiger partial charge in [-0.05, 0) is 38.1 Å². The minimum atomic E-state index is 0.0372. The van der Waals surface area contributed by atoms with Crippen LogP contribution in [0.1, 0.15) is 34.6 Å². The van der Waals surface area contributed by atoms with Gasteiger partial charge in [0.05, 0.1) is 29.3 Å². The molecule has 0 bridgehead atoms. The van der Waals surface area contributed by atoms with Gasteiger partial charge >= 0.3 is 0 Å². The van der Waals surface area contributed by atoms with Crippen LogP contribution >= 0.6 is 0 Å². The maximum absolute atomic E-state index is 13.0. The molecule has 1 fully saturated rings. The third-order valence-electron chi connectivity index (χ3n) is 5.16. The van der Waals surface area contributed by atoms with Crippen molar-refractivity contribution in [3.63, 3.8) is 0 Å². The van der Waals surface area contributed by atoms with Crippen molar-refractivity contribution >= 4 is 5.91 Å². The average Bonchev–Trinajstić information content (AvgIpc) is 3.12. The molecule has 1 aliphatic heterocycles. The van der Waals surface area contributed by atoms with Crippen molar-refractivity contribution in [1.82, 2.24) is 19.7 Å². The molecule has 0 saturated carbocycles. The fourth-order valence-electron chi connectivity index (χ4n) is 3.51. The fraction of sp³-hybridized carbons (Fsp3) is 0.318. The van der Waals surface area contributed by atoms with E-state index in [2.05, 4.69) is 10.1 Å². The summed E-state index contributed by atoms with van der Waals surface area (Å²) in [6.07, 6.45) is 5.16. The molecule has 1 aromatic carbocycles. The molecule has 0 radical (unpaired) electrons. The van der Waals surface area contributed by atoms with Crippen LogP contribution in [0.3, 0.4) is 0 Å². The summed E-state index contributed by atoms with van der Waals surface area (Å²) in [5.74, 6) is 0.825. The molecule has 0 N–H and O–H groups in total. The Balaban J connectivity index is 1.39. The monoisotopic (exact) mass is 376 g/mol. The summed E-state index contributed by atoms with van der Waals surface area (Å²) in [7, 11) is 0. The van der Waals surface area contributed by atoms with Crippen molar-refractivity contribution in [1.29, 1.82) is 0 Å². The van der Waals surface area contributed by atoms with Crippen molar-refractivity contribution in [3.8, 4) is 11.4 Å². The van der Waals surface area contributed by atoms with Crippen molar-refractivity contribution in [2.75, 3.05) is 13.1 Å². The number of hydrogen-bond acceptors (Lipinski definition) is 4. The minimum Gasteiger partial charge on any atom is -0.489 e. The first-order chi connectivity index (χ1) is 13.6. The van der Waals surface area contributed by atoms with Crippen molar-refractivity contribution in [3.05, 3.63) is 71.8 Å². The summed E-state index contributed by atoms with van der Waals surface area (Å²) in [6, 6.07) is 13.8. The lowest BCUT2D eigenvalue weighted by atomic mass is 10.1. The van der Waals surface area contributed by atoms with E-state index in [1.54, 1.807) is 12.4 Å². The molecule has 3 heterocycles. The van der Waals surface area contributed by atoms with Crippen LogP contribution in [0.4, 0.5) is 0 Å². The second kappa shape index (κ2) is 7.84. The summed E-state index contributed by atoms with van der Waals surface area (Å²) >= 11 is 0. The number of piperidine rings is 1. The van der Waals surface area contributed by atoms with Crippen LogP contribution in [0, 0.1) is 13.8 Å². The molecule has 0 unspecified atom stereocenters. The zero-order valence-electron chi connectivity index (χ0n) is 16.2. The third-order valence-corrected chi connectivity index (χ3v) is 5.16. The highest BCUT2D eigenvalue weighted by Crippen LogP contribution is 2.21. The molecule has 0 spiro atoms. The van der Waals surface area contributed by atoms with Gasteiger partial charge in [-0.15, -0.1) is 0 Å². The van der Waals surface area contributed by atoms with Gasteiger partial charge in [0.15, 0.2) is 0 Å². The minimum absolute atomic E-state index is 0.0372. The van der Waals surface area contributed by atoms with Crippen LogP contribution in [-0.2, 0) is 0 Å². The number of likely N-dealkylation sites (tertiary alicyclic amines) is 1. The molecular weight excluding hydrogens is 352 g/mol. The summed E-state index contributed by atoms with van der Waals surface area (Å²) in [5, 5.41) is 4.42. The molecule has 28 heavy (non-hydrogen) atoms. The summed E-state index contributed by atoms with van der Waals surface area (Å²) < 4.78 is 7.83. The molecule has 0 aliphatic carbocycles. The molecule has 6 heteroatoms. The van der Waals surface area contributed by atoms with Crippen LogP contribution in [0.2, 0.25) is 0 Å². The number of rotatable bonds is 4. The molecule has 1 aliphatic rings. The molecule has 0 atom stereocenters. The van der Waals surface area contributed by atoms with E-state index in [1.165, 1.54) is 0 Å². The number of benzene rings is 1. The van der Waals surface area contributed by atoms with E-state index in [1.807, 2.05) is 65.9 Å². The van der Waals surface area contributed by atoms with Crippen molar-refractivity contribution in [2.45, 2.75) is 32.8 Å². The molecule has 6 nitrogen and oxygen atoms in total. The number of pyridine rings is 1. The Kier molecular flexibility index (Phi) is 5.10. The zero-order chi connectivity index (χ0) is 19.5. The van der Waals surface area contributed by atoms with Crippen molar-refractivity contribution in [2.24, 2.45) is 0 Å². The third kappa shape index (κ3) is 3.76. The highest BCUT2D eigenvalue weighted by Gasteiger charge is 2.27. The smallest absolute Gasteiger partial charge is 0.257 e. The molecule has 1 amide bonds. The maximum Gasteiger partial charge on any atom is 0.257 e. The predicted molar refractivity (Wildman–Crippen MR) is 107 cm³/mol. The lowest BCUT2D eigenvalue weighted by molar-refractivity contribution is 0.0594. The lowest BCUT2D eigenvalue weighted by Crippen LogP contribution is -2.41. The number of ether oxygens (including phenoxy) is 1. The average molecular weight is 376 g/mol. The quantitative estimate of drug-likeness (QED) is 0.698. The Hall–Kier alpha value is -3.15. The zero-order valence-corrected chi connectivity index (χ0v) is 16.2. The van der Waals surface area contributed by atoms with E-state index in [4.69, 9.17) is 4.74 Å². The SMILES string of the molecule is Cc1ccc(OC2CCN(C(=O)c3cnn(-c4ccccc4)c3C)CC2)cn1. The number of para-hydroxylation sites is 1. The Morgan fingerprint density at radius 3 is 2.46 bits per heavy atom. The van der Waals surface area contributed by atoms with Gasteiger partial charge in [0, 0.05) is 31.6 Å². The van der Waals surface area contributed by atoms with E-state index in [-0.39, 0.29) is 12.0 Å². The summed E-state index contributed by atoms with van der Waals surface area (Å²) in [6.45, 7) is 5.25. The van der Waals surface area contributed by atoms with E-state index in [0.29, 0.717) is 18.7 Å². The number of amides is 1. The van der Waals surface area contributed by atoms with Crippen LogP contribution < -0.4 is 4.74 Å². The van der Waals surface area contributed by atoms with Gasteiger partial charge < -0.3 is 9.64 Å². The first kappa shape index (κ1) is 18.2. The number of carbonyl (C=O) groups excluding carboxylic acids is 1. The number of aromatic nitrogens is 3. The van der Waals surface area contributed by atoms with Crippen LogP contribution in [0.5, 0.6) is 5.75 Å². The van der Waals surface area contributed by atoms with Crippen LogP contribution in [0.15, 0.2) is 54.9 Å². The Morgan fingerprint density at radius 2 is 1.79 bits per heavy atom. The van der Waals surface area contributed by atoms with Crippen LogP contribution in [0.25, 0.3) is 5.69 Å². The van der Waals surface area contributed by atoms with Crippen LogP contribution in [-0.4, -0.2) is 44.8 Å². The molecule has 1 saturated heterocycles. The van der Waals surface area contributed by atoms with Gasteiger partial charge in [-0.3, -0.25) is 9.78 Å². The molecule has 144 valence electrons. The number of aryl methyl sites for hydroxylation is 1. The van der Waals surface area contributed by atoms with Gasteiger partial charge in [-0.25, -0.2) is 4.68 Å². The number of nitrogens with zero attached hydrogens (tertiary/aromatic N) is 4. The van der Waals surface area contributed by atoms with Gasteiger partial charge in [0.2, 0.25) is 0 Å². The molecule has 2 aromatic heterocycles. The summed E-state index contributed by atoms with van der Waals surface area (Å²) in [4.78, 5) is 19.2. The van der Waals surface area contributed by atoms with E-state index >= 15 is 0 Å². The van der Waals surface area contributed by atoms with Gasteiger partial charge in [-0.1, -0.05) is 18.2 Å². The second-order valence-corrected chi connectivity index (χ2v) is 7.14. The molecule has 4 rings (SSSR count). The normalized spacial score (nSPS) is 14.9. The Bertz CT molecular complexity index is 942. The highest BCUT2D eigenvalue weighted by atomic mass is 16.5. The first-order valence-electron chi connectivity index (χ1n) is 9.60. The molecule has 3 aromatic rings. The van der Waals surface area contributed by atoms with E-state index in [0.717, 1.165) is 35.7 Å². The van der Waals surface area contributed by atoms with E-state index in [9.17, 15) is 4.79 Å². The van der Waals surface area contributed by atoms with Crippen molar-refractivity contribution < 1.29 is 9.53 Å². The maximum atomic E-state index is 13.0. The largest absolute Gasteiger partial charge is 0.489 e. The predicted octanol–water partition coefficient (Wildman–Crippen LogP) is 3.57. The summed E-state index contributed by atoms with van der Waals surface area (Å²) in [5.41, 5.74) is 3.45. The second-order valence-electron chi connectivity index (χ2n) is 7.14. The fourth-order valence-corrected chi connectivity index (χ4v) is 3.51. The van der Waals surface area contributed by atoms with Gasteiger partial charge in [0.25, 0.3) is 5.91 Å².